The zero-order valence-electron chi connectivity index (χ0n) is 9.77. The Bertz CT molecular complexity index is 704. The lowest BCUT2D eigenvalue weighted by Crippen LogP contribution is -2.23. The van der Waals surface area contributed by atoms with Crippen molar-refractivity contribution in [3.63, 3.8) is 0 Å². The van der Waals surface area contributed by atoms with Crippen LogP contribution in [0.3, 0.4) is 0 Å². The van der Waals surface area contributed by atoms with Gasteiger partial charge >= 0.3 is 0 Å². The number of fused-ring (bicyclic) bond motifs is 1. The van der Waals surface area contributed by atoms with E-state index in [1.807, 2.05) is 0 Å². The van der Waals surface area contributed by atoms with Crippen LogP contribution in [-0.4, -0.2) is 33.8 Å². The Kier molecular flexibility index (Phi) is 3.22. The van der Waals surface area contributed by atoms with E-state index in [1.54, 1.807) is 20.2 Å². The highest BCUT2D eigenvalue weighted by Gasteiger charge is 2.17. The van der Waals surface area contributed by atoms with E-state index in [0.717, 1.165) is 11.3 Å². The van der Waals surface area contributed by atoms with Gasteiger partial charge in [-0.05, 0) is 6.07 Å². The monoisotopic (exact) mass is 285 g/mol. The van der Waals surface area contributed by atoms with Gasteiger partial charge in [0.05, 0.1) is 0 Å². The number of rotatable bonds is 3. The largest absolute Gasteiger partial charge is 0.619 e. The first-order valence-corrected chi connectivity index (χ1v) is 7.23. The highest BCUT2D eigenvalue weighted by molar-refractivity contribution is 7.92. The second kappa shape index (κ2) is 4.54. The molecule has 8 heteroatoms. The van der Waals surface area contributed by atoms with Crippen LogP contribution >= 0.6 is 11.3 Å². The van der Waals surface area contributed by atoms with E-state index in [-0.39, 0.29) is 4.21 Å². The quantitative estimate of drug-likeness (QED) is 0.362. The molecule has 0 fully saturated rings. The summed E-state index contributed by atoms with van der Waals surface area (Å²) in [6.45, 7) is 0. The van der Waals surface area contributed by atoms with Gasteiger partial charge in [0.25, 0.3) is 10.0 Å². The molecule has 0 aliphatic rings. The first-order valence-electron chi connectivity index (χ1n) is 4.98. The third kappa shape index (κ3) is 2.59. The molecule has 0 aliphatic heterocycles. The van der Waals surface area contributed by atoms with Gasteiger partial charge in [0.15, 0.2) is 12.4 Å². The Morgan fingerprint density at radius 1 is 1.50 bits per heavy atom. The predicted molar refractivity (Wildman–Crippen MR) is 70.1 cm³/mol. The van der Waals surface area contributed by atoms with Crippen molar-refractivity contribution in [1.82, 2.24) is 4.90 Å². The van der Waals surface area contributed by atoms with Crippen LogP contribution in [0, 0.1) is 5.21 Å². The van der Waals surface area contributed by atoms with Gasteiger partial charge in [-0.3, -0.25) is 0 Å². The minimum absolute atomic E-state index is 0.127. The Morgan fingerprint density at radius 2 is 2.22 bits per heavy atom. The van der Waals surface area contributed by atoms with E-state index in [2.05, 4.69) is 4.40 Å². The van der Waals surface area contributed by atoms with Crippen molar-refractivity contribution in [1.29, 1.82) is 0 Å². The number of sulfonamides is 1. The maximum absolute atomic E-state index is 11.9. The van der Waals surface area contributed by atoms with E-state index >= 15 is 0 Å². The van der Waals surface area contributed by atoms with E-state index in [9.17, 15) is 13.6 Å². The van der Waals surface area contributed by atoms with Gasteiger partial charge in [0, 0.05) is 25.5 Å². The first-order chi connectivity index (χ1) is 8.38. The standard InChI is InChI=1S/C10H11N3O3S2/c1-12(2)7-11-18(15,16)10-5-8-3-4-13(14)6-9(8)17-10/h3-7H,1-2H3/b11-7+. The molecule has 0 aromatic carbocycles. The van der Waals surface area contributed by atoms with Crippen molar-refractivity contribution < 1.29 is 13.1 Å². The summed E-state index contributed by atoms with van der Waals surface area (Å²) in [6, 6.07) is 3.09. The molecule has 0 amide bonds. The zero-order chi connectivity index (χ0) is 13.3. The lowest BCUT2D eigenvalue weighted by molar-refractivity contribution is -0.603. The Labute approximate surface area is 108 Å². The molecule has 2 aromatic heterocycles. The number of aromatic nitrogens is 1. The topological polar surface area (TPSA) is 76.7 Å². The summed E-state index contributed by atoms with van der Waals surface area (Å²) >= 11 is 1.03. The molecule has 0 aliphatic carbocycles. The van der Waals surface area contributed by atoms with Gasteiger partial charge in [-0.1, -0.05) is 0 Å². The average Bonchev–Trinajstić information content (AvgIpc) is 2.70. The van der Waals surface area contributed by atoms with Gasteiger partial charge in [0.1, 0.15) is 15.2 Å². The van der Waals surface area contributed by atoms with Crippen LogP contribution in [0.1, 0.15) is 0 Å². The van der Waals surface area contributed by atoms with E-state index in [0.29, 0.717) is 14.8 Å². The molecule has 6 nitrogen and oxygen atoms in total. The fraction of sp³-hybridized carbons (Fsp3) is 0.200. The van der Waals surface area contributed by atoms with E-state index in [1.165, 1.54) is 29.7 Å². The molecule has 0 N–H and O–H groups in total. The molecule has 2 aromatic rings. The zero-order valence-corrected chi connectivity index (χ0v) is 11.4. The van der Waals surface area contributed by atoms with Crippen molar-refractivity contribution in [2.24, 2.45) is 4.40 Å². The molecule has 0 radical (unpaired) electrons. The average molecular weight is 285 g/mol. The summed E-state index contributed by atoms with van der Waals surface area (Å²) in [6.07, 6.45) is 3.90. The number of pyridine rings is 1. The van der Waals surface area contributed by atoms with Crippen LogP contribution in [0.2, 0.25) is 0 Å². The fourth-order valence-corrected chi connectivity index (χ4v) is 3.59. The molecule has 0 bridgehead atoms. The first kappa shape index (κ1) is 12.8. The number of hydrogen-bond acceptors (Lipinski definition) is 4. The normalized spacial score (nSPS) is 12.3. The van der Waals surface area contributed by atoms with Crippen LogP contribution in [0.15, 0.2) is 33.1 Å². The highest BCUT2D eigenvalue weighted by atomic mass is 32.2. The maximum Gasteiger partial charge on any atom is 0.293 e. The van der Waals surface area contributed by atoms with Crippen LogP contribution in [0.5, 0.6) is 0 Å². The van der Waals surface area contributed by atoms with Crippen LogP contribution < -0.4 is 4.73 Å². The van der Waals surface area contributed by atoms with Crippen molar-refractivity contribution >= 4 is 37.8 Å². The molecule has 0 atom stereocenters. The van der Waals surface area contributed by atoms with Gasteiger partial charge in [-0.15, -0.1) is 15.7 Å². The SMILES string of the molecule is CN(C)/C=N/S(=O)(=O)c1cc2cc[n+]([O-])cc2s1. The summed E-state index contributed by atoms with van der Waals surface area (Å²) in [5.74, 6) is 0. The lowest BCUT2D eigenvalue weighted by Gasteiger charge is -2.01. The molecule has 0 spiro atoms. The van der Waals surface area contributed by atoms with Gasteiger partial charge in [-0.2, -0.15) is 13.1 Å². The van der Waals surface area contributed by atoms with Crippen LogP contribution in [0.4, 0.5) is 0 Å². The van der Waals surface area contributed by atoms with Crippen molar-refractivity contribution in [3.05, 3.63) is 29.7 Å². The van der Waals surface area contributed by atoms with Crippen LogP contribution in [0.25, 0.3) is 10.1 Å². The van der Waals surface area contributed by atoms with Gasteiger partial charge in [-0.25, -0.2) is 0 Å². The molecule has 18 heavy (non-hydrogen) atoms. The van der Waals surface area contributed by atoms with Crippen molar-refractivity contribution in [3.8, 4) is 0 Å². The lowest BCUT2D eigenvalue weighted by atomic mass is 10.3. The summed E-state index contributed by atoms with van der Waals surface area (Å²) in [5, 5.41) is 11.8. The second-order valence-electron chi connectivity index (χ2n) is 3.85. The third-order valence-corrected chi connectivity index (χ3v) is 4.85. The van der Waals surface area contributed by atoms with E-state index < -0.39 is 10.0 Å². The number of nitrogens with zero attached hydrogens (tertiary/aromatic N) is 3. The van der Waals surface area contributed by atoms with Crippen LogP contribution in [-0.2, 0) is 10.0 Å². The van der Waals surface area contributed by atoms with Gasteiger partial charge < -0.3 is 10.1 Å². The molecule has 2 rings (SSSR count). The number of thiophene rings is 1. The molecule has 0 saturated heterocycles. The predicted octanol–water partition coefficient (Wildman–Crippen LogP) is 0.813. The molecular weight excluding hydrogens is 274 g/mol. The van der Waals surface area contributed by atoms with Gasteiger partial charge in [0.2, 0.25) is 0 Å². The Hall–Kier alpha value is -1.67. The number of hydrogen-bond donors (Lipinski definition) is 0. The Balaban J connectivity index is 2.48. The third-order valence-electron chi connectivity index (χ3n) is 2.09. The summed E-state index contributed by atoms with van der Waals surface area (Å²) in [4.78, 5) is 1.54. The molecule has 0 saturated carbocycles. The van der Waals surface area contributed by atoms with E-state index in [4.69, 9.17) is 0 Å². The second-order valence-corrected chi connectivity index (χ2v) is 6.79. The fourth-order valence-electron chi connectivity index (χ4n) is 1.27. The summed E-state index contributed by atoms with van der Waals surface area (Å²) in [5.41, 5.74) is 0. The maximum atomic E-state index is 11.9. The molecular formula is C10H11N3O3S2. The highest BCUT2D eigenvalue weighted by Crippen LogP contribution is 2.28. The molecule has 2 heterocycles. The summed E-state index contributed by atoms with van der Waals surface area (Å²) in [7, 11) is -0.325. The minimum atomic E-state index is -3.70. The smallest absolute Gasteiger partial charge is 0.293 e. The van der Waals surface area contributed by atoms with Crippen molar-refractivity contribution in [2.45, 2.75) is 4.21 Å². The molecule has 0 unspecified atom stereocenters. The van der Waals surface area contributed by atoms with Crippen molar-refractivity contribution in [2.75, 3.05) is 14.1 Å². The molecule has 96 valence electrons. The minimum Gasteiger partial charge on any atom is -0.619 e. The summed E-state index contributed by atoms with van der Waals surface area (Å²) < 4.78 is 28.7. The Morgan fingerprint density at radius 3 is 2.89 bits per heavy atom.